The van der Waals surface area contributed by atoms with E-state index in [0.29, 0.717) is 0 Å². The monoisotopic (exact) mass is 776 g/mol. The van der Waals surface area contributed by atoms with Crippen LogP contribution in [-0.2, 0) is 10.8 Å². The van der Waals surface area contributed by atoms with Crippen LogP contribution in [0.3, 0.4) is 0 Å². The fourth-order valence-electron chi connectivity index (χ4n) is 9.93. The molecule has 0 saturated carbocycles. The predicted octanol–water partition coefficient (Wildman–Crippen LogP) is 14.6. The van der Waals surface area contributed by atoms with Gasteiger partial charge in [-0.1, -0.05) is 147 Å². The lowest BCUT2D eigenvalue weighted by molar-refractivity contribution is 0.563. The number of hydrogen-bond acceptors (Lipinski definition) is 4. The van der Waals surface area contributed by atoms with E-state index in [1.165, 1.54) is 65.0 Å². The summed E-state index contributed by atoms with van der Waals surface area (Å²) in [6.45, 7) is 4.76. The molecule has 2 aliphatic carbocycles. The molecule has 10 aromatic rings. The third-order valence-corrected chi connectivity index (χ3v) is 14.8. The Hall–Kier alpha value is -6.46. The standard InChI is InChI=1S/C54H36N2S2/c1-53(2)43-15-5-7-17-45(43)54(46-18-8-6-16-44(46)53)41-14-4-3-13-39(41)40-32-35(27-28-42(40)54)33-23-25-34(26-24-33)36-29-37(51-55-47-19-9-11-21-49(47)57-51)31-38(30-36)52-56-48-20-10-12-22-50(48)58-52/h3-32H,1-2H3. The Morgan fingerprint density at radius 2 is 0.776 bits per heavy atom. The van der Waals surface area contributed by atoms with Gasteiger partial charge in [0.05, 0.1) is 25.8 Å². The van der Waals surface area contributed by atoms with E-state index in [9.17, 15) is 0 Å². The van der Waals surface area contributed by atoms with Crippen molar-refractivity contribution in [1.29, 1.82) is 0 Å². The molecule has 1 spiro atoms. The van der Waals surface area contributed by atoms with Gasteiger partial charge >= 0.3 is 0 Å². The Bertz CT molecular complexity index is 3070. The minimum atomic E-state index is -0.383. The lowest BCUT2D eigenvalue weighted by atomic mass is 9.55. The van der Waals surface area contributed by atoms with Gasteiger partial charge in [-0.05, 0) is 115 Å². The van der Waals surface area contributed by atoms with Gasteiger partial charge in [-0.3, -0.25) is 0 Å². The van der Waals surface area contributed by atoms with Crippen molar-refractivity contribution in [3.05, 3.63) is 215 Å². The van der Waals surface area contributed by atoms with Crippen molar-refractivity contribution < 1.29 is 0 Å². The normalized spacial score (nSPS) is 14.3. The zero-order chi connectivity index (χ0) is 38.6. The van der Waals surface area contributed by atoms with E-state index in [2.05, 4.69) is 196 Å². The van der Waals surface area contributed by atoms with Crippen LogP contribution < -0.4 is 0 Å². The molecule has 4 heteroatoms. The van der Waals surface area contributed by atoms with E-state index in [1.54, 1.807) is 22.7 Å². The molecular weight excluding hydrogens is 741 g/mol. The van der Waals surface area contributed by atoms with Gasteiger partial charge in [-0.2, -0.15) is 0 Å². The molecule has 2 nitrogen and oxygen atoms in total. The first-order valence-electron chi connectivity index (χ1n) is 19.9. The van der Waals surface area contributed by atoms with Crippen molar-refractivity contribution in [1.82, 2.24) is 9.97 Å². The van der Waals surface area contributed by atoms with Crippen molar-refractivity contribution in [3.63, 3.8) is 0 Å². The highest BCUT2D eigenvalue weighted by atomic mass is 32.1. The Morgan fingerprint density at radius 3 is 1.34 bits per heavy atom. The fraction of sp³-hybridized carbons (Fsp3) is 0.0741. The highest BCUT2D eigenvalue weighted by molar-refractivity contribution is 7.22. The molecule has 12 rings (SSSR count). The van der Waals surface area contributed by atoms with E-state index in [-0.39, 0.29) is 10.8 Å². The zero-order valence-electron chi connectivity index (χ0n) is 32.0. The molecule has 8 aromatic carbocycles. The van der Waals surface area contributed by atoms with E-state index in [0.717, 1.165) is 43.3 Å². The van der Waals surface area contributed by atoms with Crippen molar-refractivity contribution in [2.45, 2.75) is 24.7 Å². The van der Waals surface area contributed by atoms with Crippen molar-refractivity contribution in [3.8, 4) is 54.5 Å². The van der Waals surface area contributed by atoms with Crippen molar-refractivity contribution in [2.24, 2.45) is 0 Å². The molecule has 0 fully saturated rings. The van der Waals surface area contributed by atoms with Gasteiger partial charge in [0, 0.05) is 16.5 Å². The predicted molar refractivity (Wildman–Crippen MR) is 244 cm³/mol. The molecule has 0 atom stereocenters. The topological polar surface area (TPSA) is 25.8 Å². The van der Waals surface area contributed by atoms with Gasteiger partial charge in [0.15, 0.2) is 0 Å². The molecule has 2 heterocycles. The summed E-state index contributed by atoms with van der Waals surface area (Å²) in [4.78, 5) is 10.1. The molecule has 2 aromatic heterocycles. The average molecular weight is 777 g/mol. The second kappa shape index (κ2) is 12.5. The molecule has 0 bridgehead atoms. The summed E-state index contributed by atoms with van der Waals surface area (Å²) in [5.41, 5.74) is 19.4. The number of thiazole rings is 2. The molecule has 2 aliphatic rings. The van der Waals surface area contributed by atoms with Crippen LogP contribution in [-0.4, -0.2) is 9.97 Å². The third kappa shape index (κ3) is 4.82. The maximum absolute atomic E-state index is 5.06. The largest absolute Gasteiger partial charge is 0.236 e. The SMILES string of the molecule is CC1(C)c2ccccc2C2(c3ccccc3-c3cc(-c4ccc(-c5cc(-c6nc7ccccc7s6)cc(-c6nc7ccccc7s6)c5)cc4)ccc32)c2ccccc21. The van der Waals surface area contributed by atoms with Crippen molar-refractivity contribution >= 4 is 43.1 Å². The number of nitrogens with zero attached hydrogens (tertiary/aromatic N) is 2. The minimum absolute atomic E-state index is 0.110. The maximum Gasteiger partial charge on any atom is 0.124 e. The number of fused-ring (bicyclic) bond motifs is 11. The number of para-hydroxylation sites is 2. The third-order valence-electron chi connectivity index (χ3n) is 12.6. The summed E-state index contributed by atoms with van der Waals surface area (Å²) < 4.78 is 2.38. The van der Waals surface area contributed by atoms with E-state index >= 15 is 0 Å². The average Bonchev–Trinajstić information content (AvgIpc) is 3.99. The molecule has 0 unspecified atom stereocenters. The summed E-state index contributed by atoms with van der Waals surface area (Å²) in [5.74, 6) is 0. The van der Waals surface area contributed by atoms with E-state index in [1.807, 2.05) is 0 Å². The first-order chi connectivity index (χ1) is 28.5. The zero-order valence-corrected chi connectivity index (χ0v) is 33.7. The van der Waals surface area contributed by atoms with Gasteiger partial charge in [-0.25, -0.2) is 9.97 Å². The Balaban J connectivity index is 0.979. The summed E-state index contributed by atoms with van der Waals surface area (Å²) >= 11 is 3.48. The van der Waals surface area contributed by atoms with Gasteiger partial charge in [0.25, 0.3) is 0 Å². The fourth-order valence-corrected chi connectivity index (χ4v) is 11.8. The molecule has 274 valence electrons. The highest BCUT2D eigenvalue weighted by Crippen LogP contribution is 2.62. The van der Waals surface area contributed by atoms with E-state index < -0.39 is 0 Å². The van der Waals surface area contributed by atoms with Gasteiger partial charge in [0.1, 0.15) is 10.0 Å². The number of aromatic nitrogens is 2. The molecule has 58 heavy (non-hydrogen) atoms. The summed E-state index contributed by atoms with van der Waals surface area (Å²) in [6.07, 6.45) is 0. The van der Waals surface area contributed by atoms with Gasteiger partial charge in [-0.15, -0.1) is 22.7 Å². The first kappa shape index (κ1) is 33.7. The molecule has 0 saturated heterocycles. The van der Waals surface area contributed by atoms with Crippen LogP contribution in [0.5, 0.6) is 0 Å². The Morgan fingerprint density at radius 1 is 0.345 bits per heavy atom. The van der Waals surface area contributed by atoms with Crippen LogP contribution in [0.15, 0.2) is 182 Å². The van der Waals surface area contributed by atoms with Crippen LogP contribution >= 0.6 is 22.7 Å². The van der Waals surface area contributed by atoms with Crippen LogP contribution in [0.1, 0.15) is 47.2 Å². The number of benzene rings is 8. The number of hydrogen-bond donors (Lipinski definition) is 0. The molecule has 0 amide bonds. The minimum Gasteiger partial charge on any atom is -0.236 e. The molecule has 0 radical (unpaired) electrons. The summed E-state index contributed by atoms with van der Waals surface area (Å²) in [5, 5.41) is 2.04. The lowest BCUT2D eigenvalue weighted by Gasteiger charge is -2.46. The quantitative estimate of drug-likeness (QED) is 0.178. The second-order valence-electron chi connectivity index (χ2n) is 16.1. The smallest absolute Gasteiger partial charge is 0.124 e. The summed E-state index contributed by atoms with van der Waals surface area (Å²) in [7, 11) is 0. The van der Waals surface area contributed by atoms with Gasteiger partial charge < -0.3 is 0 Å². The van der Waals surface area contributed by atoms with Crippen molar-refractivity contribution in [2.75, 3.05) is 0 Å². The van der Waals surface area contributed by atoms with Crippen LogP contribution in [0.2, 0.25) is 0 Å². The number of rotatable bonds is 4. The first-order valence-corrected chi connectivity index (χ1v) is 21.5. The molecule has 0 aliphatic heterocycles. The second-order valence-corrected chi connectivity index (χ2v) is 18.2. The van der Waals surface area contributed by atoms with E-state index in [4.69, 9.17) is 9.97 Å². The lowest BCUT2D eigenvalue weighted by Crippen LogP contribution is -2.40. The Kier molecular flexibility index (Phi) is 7.26. The van der Waals surface area contributed by atoms with Crippen LogP contribution in [0.4, 0.5) is 0 Å². The highest BCUT2D eigenvalue weighted by Gasteiger charge is 2.53. The maximum atomic E-state index is 5.06. The van der Waals surface area contributed by atoms with Crippen LogP contribution in [0.25, 0.3) is 75.0 Å². The van der Waals surface area contributed by atoms with Gasteiger partial charge in [0.2, 0.25) is 0 Å². The molecule has 0 N–H and O–H groups in total. The molecular formula is C54H36N2S2. The summed E-state index contributed by atoms with van der Waals surface area (Å²) in [6, 6.07) is 67.3. The Labute approximate surface area is 345 Å². The van der Waals surface area contributed by atoms with Crippen LogP contribution in [0, 0.1) is 0 Å².